The summed E-state index contributed by atoms with van der Waals surface area (Å²) in [5.41, 5.74) is 5.72. The second kappa shape index (κ2) is 14.3. The first-order valence-corrected chi connectivity index (χ1v) is 8.80. The Morgan fingerprint density at radius 3 is 2.37 bits per heavy atom. The van der Waals surface area contributed by atoms with Crippen molar-refractivity contribution in [3.05, 3.63) is 0 Å². The lowest BCUT2D eigenvalue weighted by Gasteiger charge is -2.27. The van der Waals surface area contributed by atoms with E-state index in [1.54, 1.807) is 0 Å². The molecule has 3 N–H and O–H groups in total. The highest BCUT2D eigenvalue weighted by atomic mass is 14.9. The maximum Gasteiger partial charge on any atom is 0.00817 e. The van der Waals surface area contributed by atoms with Crippen LogP contribution in [-0.2, 0) is 0 Å². The van der Waals surface area contributed by atoms with Crippen molar-refractivity contribution in [1.29, 1.82) is 0 Å². The Labute approximate surface area is 121 Å². The van der Waals surface area contributed by atoms with Crippen molar-refractivity contribution in [1.82, 2.24) is 5.32 Å². The Balaban J connectivity index is 0.00000154. The van der Waals surface area contributed by atoms with Crippen molar-refractivity contribution in [2.24, 2.45) is 11.7 Å². The molecule has 1 aliphatic rings. The molecule has 0 amide bonds. The number of rotatable bonds is 9. The van der Waals surface area contributed by atoms with E-state index in [2.05, 4.69) is 12.2 Å². The van der Waals surface area contributed by atoms with Gasteiger partial charge in [-0.2, -0.15) is 0 Å². The Bertz CT molecular complexity index is 165. The van der Waals surface area contributed by atoms with E-state index >= 15 is 0 Å². The second-order valence-corrected chi connectivity index (χ2v) is 5.68. The van der Waals surface area contributed by atoms with Crippen LogP contribution >= 0.6 is 0 Å². The molecule has 0 aromatic carbocycles. The van der Waals surface area contributed by atoms with Gasteiger partial charge < -0.3 is 11.1 Å². The van der Waals surface area contributed by atoms with Crippen LogP contribution in [0.1, 0.15) is 85.0 Å². The second-order valence-electron chi connectivity index (χ2n) is 5.68. The van der Waals surface area contributed by atoms with Gasteiger partial charge in [-0.25, -0.2) is 0 Å². The van der Waals surface area contributed by atoms with E-state index < -0.39 is 0 Å². The SMILES string of the molecule is CC.CCCCCNC(CCN)CC1CCCCC1. The lowest BCUT2D eigenvalue weighted by molar-refractivity contribution is 0.291. The maximum atomic E-state index is 5.72. The first-order valence-electron chi connectivity index (χ1n) is 8.80. The third-order valence-electron chi connectivity index (χ3n) is 4.07. The fourth-order valence-corrected chi connectivity index (χ4v) is 3.01. The predicted molar refractivity (Wildman–Crippen MR) is 87.5 cm³/mol. The molecule has 1 rings (SSSR count). The van der Waals surface area contributed by atoms with Crippen LogP contribution in [0.3, 0.4) is 0 Å². The summed E-state index contributed by atoms with van der Waals surface area (Å²) in [4.78, 5) is 0. The highest BCUT2D eigenvalue weighted by Gasteiger charge is 2.18. The van der Waals surface area contributed by atoms with Gasteiger partial charge in [-0.3, -0.25) is 0 Å². The number of hydrogen-bond acceptors (Lipinski definition) is 2. The van der Waals surface area contributed by atoms with Crippen molar-refractivity contribution < 1.29 is 0 Å². The van der Waals surface area contributed by atoms with Gasteiger partial charge in [0.05, 0.1) is 0 Å². The fraction of sp³-hybridized carbons (Fsp3) is 1.00. The van der Waals surface area contributed by atoms with Crippen molar-refractivity contribution in [2.75, 3.05) is 13.1 Å². The van der Waals surface area contributed by atoms with E-state index in [1.165, 1.54) is 64.3 Å². The molecule has 2 nitrogen and oxygen atoms in total. The van der Waals surface area contributed by atoms with Gasteiger partial charge >= 0.3 is 0 Å². The molecule has 0 aromatic rings. The zero-order chi connectivity index (χ0) is 14.3. The molecule has 1 atom stereocenters. The molecule has 1 fully saturated rings. The summed E-state index contributed by atoms with van der Waals surface area (Å²) < 4.78 is 0. The van der Waals surface area contributed by atoms with Crippen molar-refractivity contribution in [3.8, 4) is 0 Å². The third kappa shape index (κ3) is 10.4. The van der Waals surface area contributed by atoms with Crippen LogP contribution in [0.5, 0.6) is 0 Å². The Hall–Kier alpha value is -0.0800. The van der Waals surface area contributed by atoms with Crippen LogP contribution in [-0.4, -0.2) is 19.1 Å². The number of nitrogens with one attached hydrogen (secondary N) is 1. The highest BCUT2D eigenvalue weighted by molar-refractivity contribution is 4.75. The lowest BCUT2D eigenvalue weighted by Crippen LogP contribution is -2.34. The smallest absolute Gasteiger partial charge is 0.00817 e. The molecule has 116 valence electrons. The molecule has 19 heavy (non-hydrogen) atoms. The van der Waals surface area contributed by atoms with E-state index in [4.69, 9.17) is 5.73 Å². The van der Waals surface area contributed by atoms with Gasteiger partial charge in [-0.05, 0) is 38.3 Å². The van der Waals surface area contributed by atoms with Crippen molar-refractivity contribution in [3.63, 3.8) is 0 Å². The van der Waals surface area contributed by atoms with Crippen LogP contribution < -0.4 is 11.1 Å². The molecule has 2 heteroatoms. The minimum atomic E-state index is 0.681. The summed E-state index contributed by atoms with van der Waals surface area (Å²) in [5, 5.41) is 3.72. The topological polar surface area (TPSA) is 38.0 Å². The molecule has 0 saturated heterocycles. The van der Waals surface area contributed by atoms with Gasteiger partial charge in [-0.1, -0.05) is 65.7 Å². The Morgan fingerprint density at radius 1 is 1.11 bits per heavy atom. The molecular formula is C17H38N2. The normalized spacial score (nSPS) is 17.7. The lowest BCUT2D eigenvalue weighted by atomic mass is 9.84. The first-order chi connectivity index (χ1) is 9.36. The first kappa shape index (κ1) is 18.9. The molecule has 1 unspecified atom stereocenters. The molecular weight excluding hydrogens is 232 g/mol. The van der Waals surface area contributed by atoms with Crippen LogP contribution in [0.15, 0.2) is 0 Å². The van der Waals surface area contributed by atoms with Gasteiger partial charge in [0.1, 0.15) is 0 Å². The minimum Gasteiger partial charge on any atom is -0.330 e. The molecule has 0 aliphatic heterocycles. The zero-order valence-corrected chi connectivity index (χ0v) is 13.7. The number of hydrogen-bond donors (Lipinski definition) is 2. The van der Waals surface area contributed by atoms with E-state index in [-0.39, 0.29) is 0 Å². The number of unbranched alkanes of at least 4 members (excludes halogenated alkanes) is 2. The van der Waals surface area contributed by atoms with E-state index in [9.17, 15) is 0 Å². The van der Waals surface area contributed by atoms with Gasteiger partial charge in [0, 0.05) is 6.04 Å². The molecule has 0 aromatic heterocycles. The largest absolute Gasteiger partial charge is 0.330 e. The molecule has 0 radical (unpaired) electrons. The van der Waals surface area contributed by atoms with Gasteiger partial charge in [-0.15, -0.1) is 0 Å². The summed E-state index contributed by atoms with van der Waals surface area (Å²) in [6.45, 7) is 8.28. The molecule has 0 spiro atoms. The predicted octanol–water partition coefficient (Wildman–Crippen LogP) is 4.48. The minimum absolute atomic E-state index is 0.681. The monoisotopic (exact) mass is 270 g/mol. The van der Waals surface area contributed by atoms with Crippen LogP contribution in [0, 0.1) is 5.92 Å². The van der Waals surface area contributed by atoms with E-state index in [0.717, 1.165) is 18.9 Å². The van der Waals surface area contributed by atoms with Crippen LogP contribution in [0.4, 0.5) is 0 Å². The molecule has 0 bridgehead atoms. The molecule has 1 saturated carbocycles. The zero-order valence-electron chi connectivity index (χ0n) is 13.7. The average Bonchev–Trinajstić information content (AvgIpc) is 2.47. The van der Waals surface area contributed by atoms with Gasteiger partial charge in [0.25, 0.3) is 0 Å². The van der Waals surface area contributed by atoms with Gasteiger partial charge in [0.2, 0.25) is 0 Å². The standard InChI is InChI=1S/C15H32N2.C2H6/c1-2-3-7-12-17-15(10-11-16)13-14-8-5-4-6-9-14;1-2/h14-15,17H,2-13,16H2,1H3;1-2H3. The Morgan fingerprint density at radius 2 is 1.79 bits per heavy atom. The summed E-state index contributed by atoms with van der Waals surface area (Å²) in [5.74, 6) is 0.971. The van der Waals surface area contributed by atoms with Crippen molar-refractivity contribution in [2.45, 2.75) is 91.0 Å². The van der Waals surface area contributed by atoms with Crippen molar-refractivity contribution >= 4 is 0 Å². The summed E-state index contributed by atoms with van der Waals surface area (Å²) >= 11 is 0. The molecule has 1 aliphatic carbocycles. The van der Waals surface area contributed by atoms with E-state index in [1.807, 2.05) is 13.8 Å². The maximum absolute atomic E-state index is 5.72. The third-order valence-corrected chi connectivity index (χ3v) is 4.07. The Kier molecular flexibility index (Phi) is 14.3. The average molecular weight is 271 g/mol. The van der Waals surface area contributed by atoms with Crippen LogP contribution in [0.25, 0.3) is 0 Å². The summed E-state index contributed by atoms with van der Waals surface area (Å²) in [6, 6.07) is 0.681. The molecule has 0 heterocycles. The number of nitrogens with two attached hydrogens (primary N) is 1. The summed E-state index contributed by atoms with van der Waals surface area (Å²) in [7, 11) is 0. The van der Waals surface area contributed by atoms with Crippen LogP contribution in [0.2, 0.25) is 0 Å². The van der Waals surface area contributed by atoms with Gasteiger partial charge in [0.15, 0.2) is 0 Å². The fourth-order valence-electron chi connectivity index (χ4n) is 3.01. The van der Waals surface area contributed by atoms with E-state index in [0.29, 0.717) is 6.04 Å². The quantitative estimate of drug-likeness (QED) is 0.606. The summed E-state index contributed by atoms with van der Waals surface area (Å²) in [6.07, 6.45) is 13.8. The highest BCUT2D eigenvalue weighted by Crippen LogP contribution is 2.27.